The Balaban J connectivity index is 1.93. The van der Waals surface area contributed by atoms with Gasteiger partial charge in [0.1, 0.15) is 0 Å². The summed E-state index contributed by atoms with van der Waals surface area (Å²) in [5, 5.41) is 4.23. The molecule has 0 aliphatic carbocycles. The summed E-state index contributed by atoms with van der Waals surface area (Å²) in [5.74, 6) is 0. The Morgan fingerprint density at radius 2 is 2.17 bits per heavy atom. The number of ether oxygens (including phenoxy) is 1. The summed E-state index contributed by atoms with van der Waals surface area (Å²) in [5.41, 5.74) is 2.24. The third-order valence-electron chi connectivity index (χ3n) is 4.23. The van der Waals surface area contributed by atoms with Gasteiger partial charge in [-0.25, -0.2) is 0 Å². The molecule has 1 saturated heterocycles. The van der Waals surface area contributed by atoms with Gasteiger partial charge in [0.25, 0.3) is 0 Å². The van der Waals surface area contributed by atoms with Crippen molar-refractivity contribution in [3.63, 3.8) is 0 Å². The van der Waals surface area contributed by atoms with E-state index in [1.165, 1.54) is 5.69 Å². The molecule has 2 aromatic rings. The molecule has 0 unspecified atom stereocenters. The van der Waals surface area contributed by atoms with E-state index in [1.54, 1.807) is 7.11 Å². The highest BCUT2D eigenvalue weighted by molar-refractivity contribution is 7.80. The molecule has 0 bridgehead atoms. The van der Waals surface area contributed by atoms with Gasteiger partial charge in [-0.05, 0) is 42.9 Å². The fraction of sp³-hybridized carbons (Fsp3) is 0.412. The maximum Gasteiger partial charge on any atom is 0.170 e. The smallest absolute Gasteiger partial charge is 0.170 e. The van der Waals surface area contributed by atoms with Gasteiger partial charge in [0.2, 0.25) is 0 Å². The van der Waals surface area contributed by atoms with E-state index in [4.69, 9.17) is 17.0 Å². The minimum absolute atomic E-state index is 0.0554. The molecule has 2 atom stereocenters. The molecule has 122 valence electrons. The number of pyridine rings is 1. The van der Waals surface area contributed by atoms with Crippen LogP contribution in [0.25, 0.3) is 0 Å². The zero-order valence-electron chi connectivity index (χ0n) is 13.5. The summed E-state index contributed by atoms with van der Waals surface area (Å²) in [6.07, 6.45) is 4.84. The second-order valence-electron chi connectivity index (χ2n) is 5.71. The van der Waals surface area contributed by atoms with Crippen LogP contribution < -0.4 is 5.32 Å². The molecule has 1 fully saturated rings. The fourth-order valence-electron chi connectivity index (χ4n) is 3.13. The number of aromatic nitrogens is 2. The summed E-state index contributed by atoms with van der Waals surface area (Å²) in [6, 6.07) is 10.4. The average Bonchev–Trinajstić information content (AvgIpc) is 3.12. The van der Waals surface area contributed by atoms with E-state index in [0.717, 1.165) is 30.4 Å². The monoisotopic (exact) mass is 330 g/mol. The van der Waals surface area contributed by atoms with Gasteiger partial charge in [-0.15, -0.1) is 0 Å². The first-order valence-corrected chi connectivity index (χ1v) is 8.21. The van der Waals surface area contributed by atoms with Crippen LogP contribution in [-0.4, -0.2) is 39.8 Å². The highest BCUT2D eigenvalue weighted by Crippen LogP contribution is 2.38. The highest BCUT2D eigenvalue weighted by atomic mass is 32.1. The molecule has 3 heterocycles. The first kappa shape index (κ1) is 16.0. The second kappa shape index (κ2) is 7.10. The van der Waals surface area contributed by atoms with Gasteiger partial charge < -0.3 is 19.5 Å². The van der Waals surface area contributed by atoms with E-state index < -0.39 is 0 Å². The summed E-state index contributed by atoms with van der Waals surface area (Å²) in [4.78, 5) is 6.79. The van der Waals surface area contributed by atoms with Crippen LogP contribution in [0.5, 0.6) is 0 Å². The molecule has 2 aromatic heterocycles. The Morgan fingerprint density at radius 1 is 1.30 bits per heavy atom. The lowest BCUT2D eigenvalue weighted by atomic mass is 10.0. The molecule has 0 aromatic carbocycles. The number of nitrogens with zero attached hydrogens (tertiary/aromatic N) is 3. The summed E-state index contributed by atoms with van der Waals surface area (Å²) >= 11 is 5.60. The van der Waals surface area contributed by atoms with Crippen molar-refractivity contribution in [3.05, 3.63) is 54.1 Å². The number of methoxy groups -OCH3 is 1. The minimum atomic E-state index is 0.0554. The Hall–Kier alpha value is -1.92. The SMILES string of the molecule is COCCCN1C(=S)N[C@@H](c2ccccn2)[C@@H]1c1cccn1C. The van der Waals surface area contributed by atoms with Gasteiger partial charge in [-0.2, -0.15) is 0 Å². The Labute approximate surface area is 142 Å². The van der Waals surface area contributed by atoms with Gasteiger partial charge in [-0.3, -0.25) is 4.98 Å². The summed E-state index contributed by atoms with van der Waals surface area (Å²) < 4.78 is 7.34. The molecule has 1 aliphatic heterocycles. The van der Waals surface area contributed by atoms with Crippen molar-refractivity contribution in [2.45, 2.75) is 18.5 Å². The van der Waals surface area contributed by atoms with Crippen molar-refractivity contribution in [2.75, 3.05) is 20.3 Å². The predicted molar refractivity (Wildman–Crippen MR) is 94.1 cm³/mol. The van der Waals surface area contributed by atoms with Crippen LogP contribution >= 0.6 is 12.2 Å². The molecule has 0 radical (unpaired) electrons. The fourth-order valence-corrected chi connectivity index (χ4v) is 3.46. The van der Waals surface area contributed by atoms with Crippen LogP contribution in [0.15, 0.2) is 42.7 Å². The Morgan fingerprint density at radius 3 is 2.83 bits per heavy atom. The Kier molecular flexibility index (Phi) is 4.93. The molecule has 5 nitrogen and oxygen atoms in total. The number of hydrogen-bond acceptors (Lipinski definition) is 3. The van der Waals surface area contributed by atoms with Crippen LogP contribution in [0, 0.1) is 0 Å². The normalized spacial score (nSPS) is 20.8. The van der Waals surface area contributed by atoms with Crippen molar-refractivity contribution in [1.29, 1.82) is 0 Å². The van der Waals surface area contributed by atoms with Crippen LogP contribution in [0.3, 0.4) is 0 Å². The maximum absolute atomic E-state index is 5.60. The first-order valence-electron chi connectivity index (χ1n) is 7.80. The predicted octanol–water partition coefficient (Wildman–Crippen LogP) is 2.43. The second-order valence-corrected chi connectivity index (χ2v) is 6.10. The van der Waals surface area contributed by atoms with Gasteiger partial charge in [0.05, 0.1) is 17.8 Å². The van der Waals surface area contributed by atoms with Crippen molar-refractivity contribution in [1.82, 2.24) is 19.8 Å². The van der Waals surface area contributed by atoms with Crippen molar-refractivity contribution >= 4 is 17.3 Å². The number of thiocarbonyl (C=S) groups is 1. The third-order valence-corrected chi connectivity index (χ3v) is 4.58. The largest absolute Gasteiger partial charge is 0.385 e. The molecular weight excluding hydrogens is 308 g/mol. The molecule has 3 rings (SSSR count). The van der Waals surface area contributed by atoms with Crippen LogP contribution in [0.4, 0.5) is 0 Å². The zero-order chi connectivity index (χ0) is 16.2. The summed E-state index contributed by atoms with van der Waals surface area (Å²) in [6.45, 7) is 1.59. The lowest BCUT2D eigenvalue weighted by Crippen LogP contribution is -2.31. The summed E-state index contributed by atoms with van der Waals surface area (Å²) in [7, 11) is 3.80. The third kappa shape index (κ3) is 3.23. The number of rotatable bonds is 6. The average molecular weight is 330 g/mol. The van der Waals surface area contributed by atoms with Gasteiger partial charge in [0.15, 0.2) is 5.11 Å². The van der Waals surface area contributed by atoms with E-state index >= 15 is 0 Å². The molecule has 23 heavy (non-hydrogen) atoms. The van der Waals surface area contributed by atoms with E-state index in [9.17, 15) is 0 Å². The lowest BCUT2D eigenvalue weighted by molar-refractivity contribution is 0.179. The van der Waals surface area contributed by atoms with Crippen molar-refractivity contribution in [3.8, 4) is 0 Å². The minimum Gasteiger partial charge on any atom is -0.385 e. The van der Waals surface area contributed by atoms with Gasteiger partial charge >= 0.3 is 0 Å². The van der Waals surface area contributed by atoms with Crippen molar-refractivity contribution < 1.29 is 4.74 Å². The van der Waals surface area contributed by atoms with E-state index in [2.05, 4.69) is 51.2 Å². The molecule has 1 aliphatic rings. The number of nitrogens with one attached hydrogen (secondary N) is 1. The van der Waals surface area contributed by atoms with Gasteiger partial charge in [0, 0.05) is 45.4 Å². The first-order chi connectivity index (χ1) is 11.2. The van der Waals surface area contributed by atoms with E-state index in [1.807, 2.05) is 18.3 Å². The Bertz CT molecular complexity index is 658. The topological polar surface area (TPSA) is 42.3 Å². The molecule has 6 heteroatoms. The molecule has 0 amide bonds. The maximum atomic E-state index is 5.60. The van der Waals surface area contributed by atoms with Gasteiger partial charge in [-0.1, -0.05) is 6.07 Å². The number of aryl methyl sites for hydroxylation is 1. The zero-order valence-corrected chi connectivity index (χ0v) is 14.3. The standard InChI is InChI=1S/C17H22N4OS/c1-20-10-5-8-14(20)16-15(13-7-3-4-9-18-13)19-17(23)21(16)11-6-12-22-2/h3-5,7-10,15-16H,6,11-12H2,1-2H3,(H,19,23)/t15-,16-/m0/s1. The molecule has 1 N–H and O–H groups in total. The van der Waals surface area contributed by atoms with E-state index in [-0.39, 0.29) is 12.1 Å². The van der Waals surface area contributed by atoms with E-state index in [0.29, 0.717) is 0 Å². The quantitative estimate of drug-likeness (QED) is 0.651. The number of hydrogen-bond donors (Lipinski definition) is 1. The van der Waals surface area contributed by atoms with Crippen LogP contribution in [-0.2, 0) is 11.8 Å². The van der Waals surface area contributed by atoms with Crippen LogP contribution in [0.2, 0.25) is 0 Å². The van der Waals surface area contributed by atoms with Crippen LogP contribution in [0.1, 0.15) is 29.9 Å². The molecule has 0 spiro atoms. The van der Waals surface area contributed by atoms with Crippen molar-refractivity contribution in [2.24, 2.45) is 7.05 Å². The molecular formula is C17H22N4OS. The lowest BCUT2D eigenvalue weighted by Gasteiger charge is -2.28. The molecule has 0 saturated carbocycles. The highest BCUT2D eigenvalue weighted by Gasteiger charge is 2.40.